The monoisotopic (exact) mass is 378 g/mol. The maximum atomic E-state index is 11.5. The molecule has 0 aliphatic carbocycles. The molecule has 3 heteroatoms. The molecule has 0 saturated heterocycles. The van der Waals surface area contributed by atoms with Crippen LogP contribution in [0.15, 0.2) is 0 Å². The molecule has 0 N–H and O–H groups in total. The molecule has 0 atom stereocenters. The third kappa shape index (κ3) is 14.5. The van der Waals surface area contributed by atoms with Gasteiger partial charge in [0.15, 0.2) is 0 Å². The quantitative estimate of drug-likeness (QED) is 0.290. The van der Waals surface area contributed by atoms with Crippen molar-refractivity contribution in [1.29, 1.82) is 0 Å². The molecule has 0 amide bonds. The van der Waals surface area contributed by atoms with E-state index in [4.69, 9.17) is 4.74 Å². The van der Waals surface area contributed by atoms with Crippen LogP contribution < -0.4 is 0 Å². The Balaban J connectivity index is 0. The Hall–Kier alpha value is 0.269. The summed E-state index contributed by atoms with van der Waals surface area (Å²) in [5, 5.41) is 0. The van der Waals surface area contributed by atoms with E-state index in [1.807, 2.05) is 0 Å². The molecule has 114 valence electrons. The Labute approximate surface area is 137 Å². The Kier molecular flexibility index (Phi) is 18.5. The fourth-order valence-electron chi connectivity index (χ4n) is 2.14. The second-order valence-electron chi connectivity index (χ2n) is 5.26. The van der Waals surface area contributed by atoms with Gasteiger partial charge in [0.25, 0.3) is 0 Å². The van der Waals surface area contributed by atoms with Crippen molar-refractivity contribution >= 4 is 29.9 Å². The van der Waals surface area contributed by atoms with E-state index < -0.39 is 0 Å². The van der Waals surface area contributed by atoms with Crippen molar-refractivity contribution in [3.63, 3.8) is 0 Å². The molecule has 0 aromatic carbocycles. The van der Waals surface area contributed by atoms with Gasteiger partial charge in [0.2, 0.25) is 0 Å². The molecule has 19 heavy (non-hydrogen) atoms. The van der Waals surface area contributed by atoms with Crippen molar-refractivity contribution in [2.45, 2.75) is 85.0 Å². The topological polar surface area (TPSA) is 26.3 Å². The predicted octanol–water partition coefficient (Wildman–Crippen LogP) is 4.19. The summed E-state index contributed by atoms with van der Waals surface area (Å²) in [4.78, 5) is 11.5. The fourth-order valence-corrected chi connectivity index (χ4v) is 2.14. The van der Waals surface area contributed by atoms with E-state index in [0.717, 1.165) is 25.2 Å². The molecule has 0 rings (SSSR count). The third-order valence-corrected chi connectivity index (χ3v) is 3.45. The zero-order chi connectivity index (χ0) is 13.6. The Morgan fingerprint density at radius 3 is 1.89 bits per heavy atom. The summed E-state index contributed by atoms with van der Waals surface area (Å²) in [5.41, 5.74) is 0. The Morgan fingerprint density at radius 1 is 0.895 bits per heavy atom. The molecular formula is C16H34O2Sn. The zero-order valence-electron chi connectivity index (χ0n) is 13.4. The molecule has 0 unspecified atom stereocenters. The van der Waals surface area contributed by atoms with Crippen LogP contribution in [0.1, 0.15) is 85.0 Å². The summed E-state index contributed by atoms with van der Waals surface area (Å²) >= 11 is 0. The average molecular weight is 377 g/mol. The maximum absolute atomic E-state index is 11.5. The standard InChI is InChI=1S/C16H32O2.Sn.2H/c1-4-7-10-15(11-8-5-2)12-13-16(17)18-14-9-6-3;;;/h15H,4-14H2,1-3H3;;;. The first-order chi connectivity index (χ1) is 8.74. The Bertz CT molecular complexity index is 187. The van der Waals surface area contributed by atoms with Gasteiger partial charge in [-0.1, -0.05) is 65.7 Å². The number of rotatable bonds is 12. The van der Waals surface area contributed by atoms with Crippen LogP contribution in [0.2, 0.25) is 0 Å². The summed E-state index contributed by atoms with van der Waals surface area (Å²) < 4.78 is 5.20. The first kappa shape index (κ1) is 21.6. The van der Waals surface area contributed by atoms with Crippen molar-refractivity contribution in [3.8, 4) is 0 Å². The van der Waals surface area contributed by atoms with Crippen molar-refractivity contribution in [1.82, 2.24) is 0 Å². The molecule has 0 fully saturated rings. The van der Waals surface area contributed by atoms with Gasteiger partial charge in [-0.25, -0.2) is 0 Å². The molecule has 0 spiro atoms. The minimum absolute atomic E-state index is 0. The summed E-state index contributed by atoms with van der Waals surface area (Å²) in [6, 6.07) is 0. The van der Waals surface area contributed by atoms with E-state index in [1.165, 1.54) is 38.5 Å². The SMILES string of the molecule is CCCCOC(=O)CCC(CCCC)CCCC.[SnH2]. The van der Waals surface area contributed by atoms with Crippen LogP contribution >= 0.6 is 0 Å². The number of carbonyl (C=O) groups is 1. The van der Waals surface area contributed by atoms with E-state index in [-0.39, 0.29) is 29.9 Å². The van der Waals surface area contributed by atoms with Gasteiger partial charge in [0.1, 0.15) is 0 Å². The van der Waals surface area contributed by atoms with Gasteiger partial charge in [0, 0.05) is 6.42 Å². The van der Waals surface area contributed by atoms with E-state index in [9.17, 15) is 4.79 Å². The molecule has 2 radical (unpaired) electrons. The van der Waals surface area contributed by atoms with Gasteiger partial charge in [-0.2, -0.15) is 0 Å². The fraction of sp³-hybridized carbons (Fsp3) is 0.938. The van der Waals surface area contributed by atoms with E-state index in [1.54, 1.807) is 0 Å². The average Bonchev–Trinajstić information content (AvgIpc) is 2.38. The predicted molar refractivity (Wildman–Crippen MR) is 86.2 cm³/mol. The summed E-state index contributed by atoms with van der Waals surface area (Å²) in [7, 11) is 0. The Morgan fingerprint density at radius 2 is 1.42 bits per heavy atom. The van der Waals surface area contributed by atoms with Crippen molar-refractivity contribution in [3.05, 3.63) is 0 Å². The number of ether oxygens (including phenoxy) is 1. The van der Waals surface area contributed by atoms with Crippen LogP contribution in [0.3, 0.4) is 0 Å². The van der Waals surface area contributed by atoms with Gasteiger partial charge in [-0.3, -0.25) is 4.79 Å². The number of hydrogen-bond donors (Lipinski definition) is 0. The van der Waals surface area contributed by atoms with Gasteiger partial charge in [0.05, 0.1) is 6.61 Å². The molecular weight excluding hydrogens is 343 g/mol. The van der Waals surface area contributed by atoms with Crippen LogP contribution in [0.5, 0.6) is 0 Å². The molecule has 2 nitrogen and oxygen atoms in total. The second-order valence-corrected chi connectivity index (χ2v) is 5.26. The molecule has 0 saturated carbocycles. The zero-order valence-corrected chi connectivity index (χ0v) is 17.4. The van der Waals surface area contributed by atoms with Crippen LogP contribution in [0.25, 0.3) is 0 Å². The number of esters is 1. The molecule has 0 aromatic heterocycles. The van der Waals surface area contributed by atoms with Gasteiger partial charge >= 0.3 is 29.9 Å². The summed E-state index contributed by atoms with van der Waals surface area (Å²) in [6.45, 7) is 7.18. The van der Waals surface area contributed by atoms with Crippen LogP contribution in [0.4, 0.5) is 0 Å². The summed E-state index contributed by atoms with van der Waals surface area (Å²) in [5.74, 6) is 0.727. The van der Waals surface area contributed by atoms with E-state index in [0.29, 0.717) is 13.0 Å². The third-order valence-electron chi connectivity index (χ3n) is 3.45. The van der Waals surface area contributed by atoms with Crippen LogP contribution in [0, 0.1) is 5.92 Å². The first-order valence-corrected chi connectivity index (χ1v) is 7.90. The number of unbranched alkanes of at least 4 members (excludes halogenated alkanes) is 3. The summed E-state index contributed by atoms with van der Waals surface area (Å²) in [6.07, 6.45) is 11.3. The molecule has 0 heterocycles. The van der Waals surface area contributed by atoms with Crippen molar-refractivity contribution in [2.24, 2.45) is 5.92 Å². The molecule has 0 aliphatic heterocycles. The number of carbonyl (C=O) groups excluding carboxylic acids is 1. The van der Waals surface area contributed by atoms with Gasteiger partial charge in [-0.05, 0) is 18.8 Å². The van der Waals surface area contributed by atoms with E-state index in [2.05, 4.69) is 20.8 Å². The van der Waals surface area contributed by atoms with Crippen LogP contribution in [-0.4, -0.2) is 36.5 Å². The van der Waals surface area contributed by atoms with Gasteiger partial charge < -0.3 is 4.74 Å². The van der Waals surface area contributed by atoms with Crippen molar-refractivity contribution < 1.29 is 9.53 Å². The molecule has 0 aromatic rings. The van der Waals surface area contributed by atoms with E-state index >= 15 is 0 Å². The molecule has 0 bridgehead atoms. The number of hydrogen-bond acceptors (Lipinski definition) is 2. The molecule has 0 aliphatic rings. The minimum atomic E-state index is 0. The second kappa shape index (κ2) is 16.3. The first-order valence-electron chi connectivity index (χ1n) is 7.90. The van der Waals surface area contributed by atoms with Crippen molar-refractivity contribution in [2.75, 3.05) is 6.61 Å². The normalized spacial score (nSPS) is 10.3. The van der Waals surface area contributed by atoms with Gasteiger partial charge in [-0.15, -0.1) is 0 Å². The van der Waals surface area contributed by atoms with Crippen LogP contribution in [-0.2, 0) is 9.53 Å².